The SMILES string of the molecule is CN[C@H]1CCN(C(=O)N(C)[C@@H]2CCN(C3CCC(C)CC3)C2)C1. The Hall–Kier alpha value is -0.810. The van der Waals surface area contributed by atoms with Crippen LogP contribution >= 0.6 is 0 Å². The number of nitrogens with zero attached hydrogens (tertiary/aromatic N) is 3. The van der Waals surface area contributed by atoms with Crippen LogP contribution in [-0.2, 0) is 0 Å². The number of carbonyl (C=O) groups excluding carboxylic acids is 1. The Morgan fingerprint density at radius 2 is 1.78 bits per heavy atom. The van der Waals surface area contributed by atoms with E-state index in [1.807, 2.05) is 23.9 Å². The van der Waals surface area contributed by atoms with Crippen molar-refractivity contribution in [1.82, 2.24) is 20.0 Å². The highest BCUT2D eigenvalue weighted by molar-refractivity contribution is 5.75. The summed E-state index contributed by atoms with van der Waals surface area (Å²) < 4.78 is 0. The first-order chi connectivity index (χ1) is 11.1. The second kappa shape index (κ2) is 7.39. The maximum Gasteiger partial charge on any atom is 0.320 e. The van der Waals surface area contributed by atoms with Crippen molar-refractivity contribution in [3.8, 4) is 0 Å². The predicted molar refractivity (Wildman–Crippen MR) is 93.6 cm³/mol. The van der Waals surface area contributed by atoms with Crippen molar-refractivity contribution in [3.63, 3.8) is 0 Å². The zero-order valence-corrected chi connectivity index (χ0v) is 15.1. The molecule has 0 unspecified atom stereocenters. The largest absolute Gasteiger partial charge is 0.323 e. The number of carbonyl (C=O) groups is 1. The first kappa shape index (κ1) is 17.0. The van der Waals surface area contributed by atoms with Crippen molar-refractivity contribution < 1.29 is 4.79 Å². The van der Waals surface area contributed by atoms with E-state index >= 15 is 0 Å². The molecule has 2 aliphatic heterocycles. The number of nitrogens with one attached hydrogen (secondary N) is 1. The third-order valence-corrected chi connectivity index (χ3v) is 6.41. The van der Waals surface area contributed by atoms with Crippen LogP contribution in [0.1, 0.15) is 45.4 Å². The van der Waals surface area contributed by atoms with Crippen LogP contribution in [-0.4, -0.2) is 79.1 Å². The van der Waals surface area contributed by atoms with Gasteiger partial charge in [-0.15, -0.1) is 0 Å². The summed E-state index contributed by atoms with van der Waals surface area (Å²) in [7, 11) is 3.99. The van der Waals surface area contributed by atoms with Gasteiger partial charge in [0.25, 0.3) is 0 Å². The summed E-state index contributed by atoms with van der Waals surface area (Å²) in [4.78, 5) is 19.4. The van der Waals surface area contributed by atoms with Crippen LogP contribution in [0.25, 0.3) is 0 Å². The number of likely N-dealkylation sites (tertiary alicyclic amines) is 2. The normalized spacial score (nSPS) is 35.7. The minimum absolute atomic E-state index is 0.229. The summed E-state index contributed by atoms with van der Waals surface area (Å²) in [5.74, 6) is 0.907. The van der Waals surface area contributed by atoms with Gasteiger partial charge in [-0.2, -0.15) is 0 Å². The smallest absolute Gasteiger partial charge is 0.320 e. The lowest BCUT2D eigenvalue weighted by Gasteiger charge is -2.34. The lowest BCUT2D eigenvalue weighted by Crippen LogP contribution is -2.47. The quantitative estimate of drug-likeness (QED) is 0.863. The number of rotatable bonds is 3. The molecule has 2 atom stereocenters. The Kier molecular flexibility index (Phi) is 5.47. The monoisotopic (exact) mass is 322 g/mol. The highest BCUT2D eigenvalue weighted by Crippen LogP contribution is 2.30. The Balaban J connectivity index is 1.49. The molecular weight excluding hydrogens is 288 g/mol. The molecule has 3 fully saturated rings. The lowest BCUT2D eigenvalue weighted by molar-refractivity contribution is 0.139. The summed E-state index contributed by atoms with van der Waals surface area (Å²) in [6.07, 6.45) is 7.66. The van der Waals surface area contributed by atoms with Crippen LogP contribution < -0.4 is 5.32 Å². The van der Waals surface area contributed by atoms with Gasteiger partial charge >= 0.3 is 6.03 Å². The molecule has 2 heterocycles. The van der Waals surface area contributed by atoms with Crippen LogP contribution in [0.15, 0.2) is 0 Å². The Labute approximate surface area is 141 Å². The number of hydrogen-bond donors (Lipinski definition) is 1. The van der Waals surface area contributed by atoms with E-state index in [4.69, 9.17) is 0 Å². The van der Waals surface area contributed by atoms with Gasteiger partial charge in [-0.05, 0) is 51.5 Å². The van der Waals surface area contributed by atoms with Crippen molar-refractivity contribution in [3.05, 3.63) is 0 Å². The van der Waals surface area contributed by atoms with Gasteiger partial charge in [0.1, 0.15) is 0 Å². The van der Waals surface area contributed by atoms with E-state index in [-0.39, 0.29) is 6.03 Å². The van der Waals surface area contributed by atoms with Gasteiger partial charge in [-0.1, -0.05) is 6.92 Å². The molecule has 132 valence electrons. The van der Waals surface area contributed by atoms with Crippen LogP contribution in [0.5, 0.6) is 0 Å². The molecule has 5 heteroatoms. The van der Waals surface area contributed by atoms with Crippen molar-refractivity contribution in [2.75, 3.05) is 40.3 Å². The molecular formula is C18H34N4O. The fraction of sp³-hybridized carbons (Fsp3) is 0.944. The zero-order chi connectivity index (χ0) is 16.4. The molecule has 3 aliphatic rings. The van der Waals surface area contributed by atoms with E-state index in [1.165, 1.54) is 32.2 Å². The molecule has 1 aliphatic carbocycles. The standard InChI is InChI=1S/C18H34N4O/c1-14-4-6-16(7-5-14)21-11-9-17(13-21)20(3)18(23)22-10-8-15(12-22)19-2/h14-17,19H,4-13H2,1-3H3/t14?,15-,16?,17+/m0/s1. The molecule has 0 aromatic rings. The fourth-order valence-electron chi connectivity index (χ4n) is 4.57. The summed E-state index contributed by atoms with van der Waals surface area (Å²) in [5.41, 5.74) is 0. The first-order valence-corrected chi connectivity index (χ1v) is 9.51. The molecule has 0 aromatic carbocycles. The van der Waals surface area contributed by atoms with Gasteiger partial charge in [0.05, 0.1) is 0 Å². The number of amides is 2. The number of urea groups is 1. The maximum absolute atomic E-state index is 12.7. The van der Waals surface area contributed by atoms with Gasteiger partial charge in [-0.3, -0.25) is 4.90 Å². The highest BCUT2D eigenvalue weighted by atomic mass is 16.2. The molecule has 0 bridgehead atoms. The van der Waals surface area contributed by atoms with Gasteiger partial charge in [0.2, 0.25) is 0 Å². The second-order valence-corrected chi connectivity index (χ2v) is 7.96. The average molecular weight is 322 g/mol. The second-order valence-electron chi connectivity index (χ2n) is 7.96. The first-order valence-electron chi connectivity index (χ1n) is 9.51. The van der Waals surface area contributed by atoms with E-state index in [9.17, 15) is 4.79 Å². The van der Waals surface area contributed by atoms with Crippen LogP contribution in [0.2, 0.25) is 0 Å². The van der Waals surface area contributed by atoms with Gasteiger partial charge in [0, 0.05) is 51.4 Å². The van der Waals surface area contributed by atoms with Gasteiger partial charge < -0.3 is 15.1 Å². The van der Waals surface area contributed by atoms with Crippen molar-refractivity contribution in [2.24, 2.45) is 5.92 Å². The summed E-state index contributed by atoms with van der Waals surface area (Å²) in [6, 6.07) is 1.86. The minimum atomic E-state index is 0.229. The van der Waals surface area contributed by atoms with Gasteiger partial charge in [0.15, 0.2) is 0 Å². The van der Waals surface area contributed by atoms with Crippen molar-refractivity contribution >= 4 is 6.03 Å². The van der Waals surface area contributed by atoms with E-state index in [2.05, 4.69) is 17.1 Å². The highest BCUT2D eigenvalue weighted by Gasteiger charge is 2.36. The van der Waals surface area contributed by atoms with Crippen molar-refractivity contribution in [2.45, 2.75) is 63.6 Å². The Morgan fingerprint density at radius 1 is 1.04 bits per heavy atom. The Bertz CT molecular complexity index is 408. The lowest BCUT2D eigenvalue weighted by atomic mass is 9.87. The molecule has 23 heavy (non-hydrogen) atoms. The molecule has 5 nitrogen and oxygen atoms in total. The van der Waals surface area contributed by atoms with E-state index in [1.54, 1.807) is 0 Å². The van der Waals surface area contributed by atoms with Crippen LogP contribution in [0.3, 0.4) is 0 Å². The van der Waals surface area contributed by atoms with E-state index < -0.39 is 0 Å². The fourth-order valence-corrected chi connectivity index (χ4v) is 4.57. The number of likely N-dealkylation sites (N-methyl/N-ethyl adjacent to an activating group) is 2. The topological polar surface area (TPSA) is 38.8 Å². The molecule has 0 radical (unpaired) electrons. The van der Waals surface area contributed by atoms with E-state index in [0.29, 0.717) is 12.1 Å². The van der Waals surface area contributed by atoms with Crippen LogP contribution in [0, 0.1) is 5.92 Å². The molecule has 0 spiro atoms. The molecule has 2 saturated heterocycles. The Morgan fingerprint density at radius 3 is 2.43 bits per heavy atom. The molecule has 2 amide bonds. The molecule has 3 rings (SSSR count). The molecule has 0 aromatic heterocycles. The van der Waals surface area contributed by atoms with Crippen molar-refractivity contribution in [1.29, 1.82) is 0 Å². The van der Waals surface area contributed by atoms with Crippen LogP contribution in [0.4, 0.5) is 4.79 Å². The number of hydrogen-bond acceptors (Lipinski definition) is 3. The molecule has 1 saturated carbocycles. The maximum atomic E-state index is 12.7. The molecule has 1 N–H and O–H groups in total. The summed E-state index contributed by atoms with van der Waals surface area (Å²) in [6.45, 7) is 6.37. The summed E-state index contributed by atoms with van der Waals surface area (Å²) >= 11 is 0. The van der Waals surface area contributed by atoms with Gasteiger partial charge in [-0.25, -0.2) is 4.79 Å². The third kappa shape index (κ3) is 3.82. The van der Waals surface area contributed by atoms with E-state index in [0.717, 1.165) is 44.4 Å². The average Bonchev–Trinajstić information content (AvgIpc) is 3.23. The minimum Gasteiger partial charge on any atom is -0.323 e. The zero-order valence-electron chi connectivity index (χ0n) is 15.1. The predicted octanol–water partition coefficient (Wildman–Crippen LogP) is 1.98. The third-order valence-electron chi connectivity index (χ3n) is 6.41. The summed E-state index contributed by atoms with van der Waals surface area (Å²) in [5, 5.41) is 3.29.